The molecule has 4 rings (SSSR count). The summed E-state index contributed by atoms with van der Waals surface area (Å²) in [4.78, 5) is 30.4. The molecule has 1 fully saturated rings. The Hall–Kier alpha value is -3.02. The Morgan fingerprint density at radius 1 is 1.26 bits per heavy atom. The second-order valence-electron chi connectivity index (χ2n) is 7.89. The molecule has 178 valence electrons. The van der Waals surface area contributed by atoms with Crippen molar-refractivity contribution in [1.29, 1.82) is 0 Å². The Bertz CT molecular complexity index is 1370. The first-order chi connectivity index (χ1) is 16.0. The van der Waals surface area contributed by atoms with E-state index < -0.39 is 23.0 Å². The quantitative estimate of drug-likeness (QED) is 0.236. The van der Waals surface area contributed by atoms with Crippen LogP contribution in [0.4, 0.5) is 10.1 Å². The number of halogens is 3. The van der Waals surface area contributed by atoms with Crippen molar-refractivity contribution < 1.29 is 24.5 Å². The van der Waals surface area contributed by atoms with E-state index >= 15 is 4.39 Å². The molecule has 0 bridgehead atoms. The van der Waals surface area contributed by atoms with Gasteiger partial charge in [-0.05, 0) is 42.8 Å². The van der Waals surface area contributed by atoms with Crippen LogP contribution in [-0.4, -0.2) is 48.8 Å². The highest BCUT2D eigenvalue weighted by molar-refractivity contribution is 6.42. The van der Waals surface area contributed by atoms with Crippen molar-refractivity contribution >= 4 is 45.7 Å². The number of fused-ring (bicyclic) bond motifs is 1. The molecule has 1 unspecified atom stereocenters. The number of carbonyl (C=O) groups is 1. The Morgan fingerprint density at radius 3 is 2.68 bits per heavy atom. The van der Waals surface area contributed by atoms with E-state index in [9.17, 15) is 24.9 Å². The van der Waals surface area contributed by atoms with Gasteiger partial charge in [0.15, 0.2) is 0 Å². The van der Waals surface area contributed by atoms with Crippen molar-refractivity contribution in [1.82, 2.24) is 14.5 Å². The van der Waals surface area contributed by atoms with Crippen LogP contribution >= 0.6 is 23.2 Å². The van der Waals surface area contributed by atoms with Crippen LogP contribution in [0.3, 0.4) is 0 Å². The Balaban J connectivity index is 1.86. The van der Waals surface area contributed by atoms with Crippen molar-refractivity contribution in [3.8, 4) is 0 Å². The number of likely N-dealkylation sites (tertiary alicyclic amines) is 1. The van der Waals surface area contributed by atoms with Crippen LogP contribution in [0.15, 0.2) is 54.1 Å². The highest BCUT2D eigenvalue weighted by Gasteiger charge is 2.44. The zero-order valence-corrected chi connectivity index (χ0v) is 19.0. The number of nitrogens with one attached hydrogen (secondary N) is 1. The molecular formula is C22H19Cl2FN4O5. The molecule has 2 aromatic carbocycles. The minimum absolute atomic E-state index is 0.0162. The largest absolute Gasteiger partial charge is 0.377 e. The van der Waals surface area contributed by atoms with Crippen LogP contribution in [-0.2, 0) is 16.4 Å². The van der Waals surface area contributed by atoms with Gasteiger partial charge in [0.2, 0.25) is 5.91 Å². The fourth-order valence-electron chi connectivity index (χ4n) is 4.15. The predicted octanol–water partition coefficient (Wildman–Crippen LogP) is 2.11. The van der Waals surface area contributed by atoms with Gasteiger partial charge >= 0.3 is 6.10 Å². The molecule has 1 aliphatic heterocycles. The number of amides is 1. The molecule has 12 heteroatoms. The van der Waals surface area contributed by atoms with Gasteiger partial charge < -0.3 is 25.5 Å². The molecule has 4 N–H and O–H groups in total. The molecule has 3 aromatic rings. The maximum Gasteiger partial charge on any atom is 0.377 e. The summed E-state index contributed by atoms with van der Waals surface area (Å²) in [7, 11) is 0. The molecule has 0 aliphatic carbocycles. The predicted molar refractivity (Wildman–Crippen MR) is 124 cm³/mol. The van der Waals surface area contributed by atoms with Gasteiger partial charge in [-0.1, -0.05) is 29.8 Å². The van der Waals surface area contributed by atoms with E-state index in [2.05, 4.69) is 16.9 Å². The number of aliphatic hydroxyl groups is 3. The number of hydrogen-bond acceptors (Lipinski definition) is 7. The van der Waals surface area contributed by atoms with Crippen molar-refractivity contribution in [2.75, 3.05) is 18.4 Å². The normalized spacial score (nSPS) is 18.4. The van der Waals surface area contributed by atoms with E-state index in [0.717, 1.165) is 12.4 Å². The van der Waals surface area contributed by atoms with E-state index in [1.54, 1.807) is 6.07 Å². The van der Waals surface area contributed by atoms with E-state index in [1.807, 2.05) is 0 Å². The zero-order chi connectivity index (χ0) is 24.8. The summed E-state index contributed by atoms with van der Waals surface area (Å²) in [5.74, 6) is -0.983. The average molecular weight is 509 g/mol. The average Bonchev–Trinajstić information content (AvgIpc) is 3.20. The number of hydrogen-bond donors (Lipinski definition) is 4. The van der Waals surface area contributed by atoms with Crippen molar-refractivity contribution in [3.05, 3.63) is 81.1 Å². The molecule has 1 amide bonds. The van der Waals surface area contributed by atoms with Crippen molar-refractivity contribution in [2.45, 2.75) is 18.1 Å². The lowest BCUT2D eigenvalue weighted by Gasteiger charge is -2.33. The summed E-state index contributed by atoms with van der Waals surface area (Å²) in [5, 5.41) is 31.5. The molecule has 9 nitrogen and oxygen atoms in total. The molecular weight excluding hydrogens is 490 g/mol. The summed E-state index contributed by atoms with van der Waals surface area (Å²) in [6.45, 7) is 3.79. The molecule has 1 saturated heterocycles. The van der Waals surface area contributed by atoms with Crippen molar-refractivity contribution in [2.24, 2.45) is 0 Å². The molecule has 0 spiro atoms. The van der Waals surface area contributed by atoms with E-state index in [0.29, 0.717) is 5.69 Å². The second-order valence-corrected chi connectivity index (χ2v) is 8.68. The van der Waals surface area contributed by atoms with E-state index in [-0.39, 0.29) is 56.5 Å². The third-order valence-corrected chi connectivity index (χ3v) is 6.55. The number of nitrogens with zero attached hydrogens (tertiary/aromatic N) is 3. The Kier molecular flexibility index (Phi) is 6.13. The van der Waals surface area contributed by atoms with Crippen LogP contribution < -0.4 is 10.9 Å². The number of carbonyl (C=O) groups excluding carboxylic acids is 1. The maximum atomic E-state index is 15.1. The lowest BCUT2D eigenvalue weighted by molar-refractivity contribution is -0.377. The number of aromatic nitrogens is 2. The van der Waals surface area contributed by atoms with E-state index in [4.69, 9.17) is 23.2 Å². The highest BCUT2D eigenvalue weighted by Crippen LogP contribution is 2.43. The van der Waals surface area contributed by atoms with Gasteiger partial charge in [0.25, 0.3) is 5.56 Å². The maximum absolute atomic E-state index is 15.1. The van der Waals surface area contributed by atoms with Gasteiger partial charge in [-0.2, -0.15) is 0 Å². The lowest BCUT2D eigenvalue weighted by atomic mass is 9.87. The van der Waals surface area contributed by atoms with Gasteiger partial charge in [-0.3, -0.25) is 9.59 Å². The van der Waals surface area contributed by atoms with Gasteiger partial charge in [0.05, 0.1) is 26.5 Å². The third-order valence-electron chi connectivity index (χ3n) is 5.74. The fourth-order valence-corrected chi connectivity index (χ4v) is 4.64. The standard InChI is InChI=1S/C22H19Cl2FN4O5/c1-2-17(30)28-8-7-21(10-28,18-15(25)5-4-14(23)19(18)24)27-12-3-6-16-13(9-12)20(31)29(11-26-16)22(32,33)34/h2-6,9,11,27,32-34H,1,7-8,10H2. The summed E-state index contributed by atoms with van der Waals surface area (Å²) in [6, 6.07) is 6.94. The molecule has 0 saturated carbocycles. The number of benzene rings is 2. The first kappa shape index (κ1) is 24.1. The number of rotatable bonds is 5. The minimum atomic E-state index is -3.45. The van der Waals surface area contributed by atoms with Gasteiger partial charge in [-0.25, -0.2) is 13.9 Å². The van der Waals surface area contributed by atoms with Crippen LogP contribution in [0.1, 0.15) is 12.0 Å². The van der Waals surface area contributed by atoms with Crippen LogP contribution in [0.5, 0.6) is 0 Å². The van der Waals surface area contributed by atoms with Crippen molar-refractivity contribution in [3.63, 3.8) is 0 Å². The summed E-state index contributed by atoms with van der Waals surface area (Å²) in [6.07, 6.45) is -1.25. The van der Waals surface area contributed by atoms with Crippen LogP contribution in [0.25, 0.3) is 10.9 Å². The smallest absolute Gasteiger partial charge is 0.374 e. The molecule has 34 heavy (non-hydrogen) atoms. The van der Waals surface area contributed by atoms with E-state index in [1.165, 1.54) is 29.2 Å². The second kappa shape index (κ2) is 8.64. The fraction of sp³-hybridized carbons (Fsp3) is 0.227. The van der Waals surface area contributed by atoms with Gasteiger partial charge in [0.1, 0.15) is 12.1 Å². The minimum Gasteiger partial charge on any atom is -0.374 e. The third kappa shape index (κ3) is 4.15. The van der Waals surface area contributed by atoms with Crippen LogP contribution in [0.2, 0.25) is 10.0 Å². The Morgan fingerprint density at radius 2 is 2.00 bits per heavy atom. The van der Waals surface area contributed by atoms with Crippen LogP contribution in [0, 0.1) is 5.82 Å². The molecule has 1 atom stereocenters. The van der Waals surface area contributed by atoms with Gasteiger partial charge in [0, 0.05) is 24.3 Å². The lowest BCUT2D eigenvalue weighted by Crippen LogP contribution is -2.41. The Labute approximate surface area is 202 Å². The SMILES string of the molecule is C=CC(=O)N1CCC(Nc2ccc3ncn(C(O)(O)O)c(=O)c3c2)(c2c(F)ccc(Cl)c2Cl)C1. The monoisotopic (exact) mass is 508 g/mol. The number of anilines is 1. The summed E-state index contributed by atoms with van der Waals surface area (Å²) >= 11 is 12.6. The van der Waals surface area contributed by atoms with Gasteiger partial charge in [-0.15, -0.1) is 0 Å². The molecule has 1 aliphatic rings. The summed E-state index contributed by atoms with van der Waals surface area (Å²) < 4.78 is 15.3. The first-order valence-electron chi connectivity index (χ1n) is 9.99. The molecule has 1 aromatic heterocycles. The summed E-state index contributed by atoms with van der Waals surface area (Å²) in [5.41, 5.74) is -1.55. The first-order valence-corrected chi connectivity index (χ1v) is 10.7. The molecule has 2 heterocycles. The topological polar surface area (TPSA) is 128 Å². The molecule has 0 radical (unpaired) electrons. The highest BCUT2D eigenvalue weighted by atomic mass is 35.5. The zero-order valence-electron chi connectivity index (χ0n) is 17.5.